The molecule has 188 valence electrons. The Kier molecular flexibility index (Phi) is 8.28. The van der Waals surface area contributed by atoms with E-state index in [1.807, 2.05) is 55.5 Å². The van der Waals surface area contributed by atoms with Crippen LogP contribution in [0.5, 0.6) is 5.88 Å². The maximum absolute atomic E-state index is 13.3. The molecule has 36 heavy (non-hydrogen) atoms. The summed E-state index contributed by atoms with van der Waals surface area (Å²) in [5.41, 5.74) is 3.78. The van der Waals surface area contributed by atoms with Gasteiger partial charge in [-0.3, -0.25) is 0 Å². The highest BCUT2D eigenvalue weighted by atomic mass is 35.5. The zero-order chi connectivity index (χ0) is 25.5. The lowest BCUT2D eigenvalue weighted by Gasteiger charge is -2.35. The zero-order valence-corrected chi connectivity index (χ0v) is 21.2. The molecule has 3 aromatic rings. The molecule has 1 aliphatic rings. The molecule has 1 saturated heterocycles. The predicted octanol–water partition coefficient (Wildman–Crippen LogP) is 4.38. The van der Waals surface area contributed by atoms with Crippen LogP contribution in [0.25, 0.3) is 0 Å². The summed E-state index contributed by atoms with van der Waals surface area (Å²) >= 11 is 6.18. The Morgan fingerprint density at radius 1 is 0.972 bits per heavy atom. The van der Waals surface area contributed by atoms with Crippen molar-refractivity contribution in [2.75, 3.05) is 33.3 Å². The Hall–Kier alpha value is -3.78. The van der Waals surface area contributed by atoms with Gasteiger partial charge in [-0.15, -0.1) is 0 Å². The van der Waals surface area contributed by atoms with Crippen LogP contribution in [0, 0.1) is 6.92 Å². The number of aromatic nitrogens is 1. The molecule has 2 aromatic carbocycles. The number of carbonyl (C=O) groups excluding carboxylic acids is 2. The normalized spacial score (nSPS) is 14.2. The number of urea groups is 2. The van der Waals surface area contributed by atoms with E-state index in [9.17, 15) is 9.59 Å². The fourth-order valence-corrected chi connectivity index (χ4v) is 4.39. The van der Waals surface area contributed by atoms with E-state index in [0.29, 0.717) is 43.6 Å². The highest BCUT2D eigenvalue weighted by Crippen LogP contribution is 2.26. The van der Waals surface area contributed by atoms with Gasteiger partial charge in [0.25, 0.3) is 0 Å². The summed E-state index contributed by atoms with van der Waals surface area (Å²) in [6.07, 6.45) is 1.72. The van der Waals surface area contributed by atoms with Gasteiger partial charge in [-0.05, 0) is 41.3 Å². The average Bonchev–Trinajstić information content (AvgIpc) is 2.91. The van der Waals surface area contributed by atoms with E-state index in [-0.39, 0.29) is 18.1 Å². The van der Waals surface area contributed by atoms with Gasteiger partial charge in [0.1, 0.15) is 0 Å². The Balaban J connectivity index is 1.37. The number of halogens is 1. The number of hydrogen-bond acceptors (Lipinski definition) is 4. The number of benzene rings is 2. The molecule has 0 radical (unpaired) electrons. The van der Waals surface area contributed by atoms with Crippen molar-refractivity contribution in [3.8, 4) is 5.88 Å². The van der Waals surface area contributed by atoms with Crippen LogP contribution in [0.4, 0.5) is 9.59 Å². The lowest BCUT2D eigenvalue weighted by Crippen LogP contribution is -2.55. The minimum atomic E-state index is -0.367. The minimum absolute atomic E-state index is 0.169. The number of pyridine rings is 1. The maximum atomic E-state index is 13.3. The summed E-state index contributed by atoms with van der Waals surface area (Å²) in [7, 11) is 1.57. The monoisotopic (exact) mass is 507 g/mol. The first-order chi connectivity index (χ1) is 17.5. The zero-order valence-electron chi connectivity index (χ0n) is 20.4. The number of aryl methyl sites for hydroxylation is 1. The molecular weight excluding hydrogens is 478 g/mol. The smallest absolute Gasteiger partial charge is 0.318 e. The Bertz CT molecular complexity index is 1200. The van der Waals surface area contributed by atoms with Crippen LogP contribution >= 0.6 is 11.6 Å². The van der Waals surface area contributed by atoms with Gasteiger partial charge in [0, 0.05) is 50.0 Å². The lowest BCUT2D eigenvalue weighted by molar-refractivity contribution is 0.141. The van der Waals surface area contributed by atoms with Crippen LogP contribution in [-0.4, -0.2) is 60.1 Å². The van der Waals surface area contributed by atoms with Gasteiger partial charge in [0.2, 0.25) is 5.88 Å². The molecule has 8 nitrogen and oxygen atoms in total. The third-order valence-electron chi connectivity index (χ3n) is 6.31. The molecule has 1 atom stereocenters. The fraction of sp³-hybridized carbons (Fsp3) is 0.296. The molecule has 2 heterocycles. The third-order valence-corrected chi connectivity index (χ3v) is 6.68. The Morgan fingerprint density at radius 2 is 1.64 bits per heavy atom. The molecule has 4 amide bonds. The van der Waals surface area contributed by atoms with Crippen molar-refractivity contribution in [3.63, 3.8) is 0 Å². The summed E-state index contributed by atoms with van der Waals surface area (Å²) in [6, 6.07) is 18.3. The molecule has 0 saturated carbocycles. The molecule has 0 bridgehead atoms. The minimum Gasteiger partial charge on any atom is -0.481 e. The molecule has 1 aromatic heterocycles. The topological polar surface area (TPSA) is 86.8 Å². The first-order valence-corrected chi connectivity index (χ1v) is 12.2. The van der Waals surface area contributed by atoms with Crippen LogP contribution in [0.3, 0.4) is 0 Å². The van der Waals surface area contributed by atoms with Gasteiger partial charge in [-0.2, -0.15) is 0 Å². The van der Waals surface area contributed by atoms with Crippen molar-refractivity contribution in [2.45, 2.75) is 19.5 Å². The Labute approximate surface area is 216 Å². The number of rotatable bonds is 6. The number of methoxy groups -OCH3 is 1. The SMILES string of the molecule is COc1ccc(C(NC(=O)N2CCN(C(=O)NCc3ccccc3Cl)CC2)c2ccccc2C)cn1. The molecule has 2 N–H and O–H groups in total. The van der Waals surface area contributed by atoms with Crippen LogP contribution in [0.1, 0.15) is 28.3 Å². The number of amides is 4. The van der Waals surface area contributed by atoms with E-state index in [1.54, 1.807) is 35.2 Å². The van der Waals surface area contributed by atoms with E-state index < -0.39 is 0 Å². The molecule has 9 heteroatoms. The maximum Gasteiger partial charge on any atom is 0.318 e. The van der Waals surface area contributed by atoms with E-state index in [0.717, 1.165) is 22.3 Å². The van der Waals surface area contributed by atoms with E-state index in [4.69, 9.17) is 16.3 Å². The lowest BCUT2D eigenvalue weighted by atomic mass is 9.96. The van der Waals surface area contributed by atoms with Gasteiger partial charge in [-0.1, -0.05) is 54.1 Å². The highest BCUT2D eigenvalue weighted by molar-refractivity contribution is 6.31. The van der Waals surface area contributed by atoms with Crippen molar-refractivity contribution in [1.82, 2.24) is 25.4 Å². The first-order valence-electron chi connectivity index (χ1n) is 11.8. The molecule has 0 aliphatic carbocycles. The van der Waals surface area contributed by atoms with E-state index in [1.165, 1.54) is 0 Å². The van der Waals surface area contributed by atoms with Gasteiger partial charge in [0.05, 0.1) is 13.2 Å². The second-order valence-corrected chi connectivity index (χ2v) is 9.00. The number of carbonyl (C=O) groups is 2. The quantitative estimate of drug-likeness (QED) is 0.518. The third kappa shape index (κ3) is 6.07. The molecule has 1 aliphatic heterocycles. The number of hydrogen-bond donors (Lipinski definition) is 2. The van der Waals surface area contributed by atoms with Gasteiger partial charge in [0.15, 0.2) is 0 Å². The van der Waals surface area contributed by atoms with Crippen LogP contribution in [0.2, 0.25) is 5.02 Å². The van der Waals surface area contributed by atoms with Crippen LogP contribution in [0.15, 0.2) is 66.9 Å². The van der Waals surface area contributed by atoms with Gasteiger partial charge < -0.3 is 25.2 Å². The van der Waals surface area contributed by atoms with Crippen molar-refractivity contribution < 1.29 is 14.3 Å². The van der Waals surface area contributed by atoms with Gasteiger partial charge in [-0.25, -0.2) is 14.6 Å². The van der Waals surface area contributed by atoms with Gasteiger partial charge >= 0.3 is 12.1 Å². The predicted molar refractivity (Wildman–Crippen MR) is 139 cm³/mol. The van der Waals surface area contributed by atoms with Crippen LogP contribution < -0.4 is 15.4 Å². The second-order valence-electron chi connectivity index (χ2n) is 8.60. The summed E-state index contributed by atoms with van der Waals surface area (Å²) < 4.78 is 5.18. The molecule has 1 fully saturated rings. The van der Waals surface area contributed by atoms with Crippen molar-refractivity contribution in [2.24, 2.45) is 0 Å². The summed E-state index contributed by atoms with van der Waals surface area (Å²) in [5, 5.41) is 6.70. The number of ether oxygens (including phenoxy) is 1. The summed E-state index contributed by atoms with van der Waals surface area (Å²) in [6.45, 7) is 4.14. The first kappa shape index (κ1) is 25.3. The standard InChI is InChI=1S/C27H30ClN5O3/c1-19-7-3-5-9-22(19)25(21-11-12-24(36-2)29-18-21)31-27(35)33-15-13-32(14-16-33)26(34)30-17-20-8-4-6-10-23(20)28/h3-12,18,25H,13-17H2,1-2H3,(H,30,34)(H,31,35). The van der Waals surface area contributed by atoms with Crippen molar-refractivity contribution in [1.29, 1.82) is 0 Å². The summed E-state index contributed by atoms with van der Waals surface area (Å²) in [4.78, 5) is 33.7. The second kappa shape index (κ2) is 11.8. The van der Waals surface area contributed by atoms with Crippen molar-refractivity contribution in [3.05, 3.63) is 94.1 Å². The molecule has 1 unspecified atom stereocenters. The van der Waals surface area contributed by atoms with Crippen molar-refractivity contribution >= 4 is 23.7 Å². The highest BCUT2D eigenvalue weighted by Gasteiger charge is 2.27. The van der Waals surface area contributed by atoms with E-state index >= 15 is 0 Å². The fourth-order valence-electron chi connectivity index (χ4n) is 4.19. The summed E-state index contributed by atoms with van der Waals surface area (Å²) in [5.74, 6) is 0.512. The Morgan fingerprint density at radius 3 is 2.28 bits per heavy atom. The molecule has 0 spiro atoms. The number of piperazine rings is 1. The number of nitrogens with one attached hydrogen (secondary N) is 2. The average molecular weight is 508 g/mol. The number of nitrogens with zero attached hydrogens (tertiary/aromatic N) is 3. The molecule has 4 rings (SSSR count). The molecular formula is C27H30ClN5O3. The largest absolute Gasteiger partial charge is 0.481 e. The van der Waals surface area contributed by atoms with E-state index in [2.05, 4.69) is 15.6 Å². The van der Waals surface area contributed by atoms with Crippen LogP contribution in [-0.2, 0) is 6.54 Å².